The van der Waals surface area contributed by atoms with Crippen LogP contribution in [0.25, 0.3) is 0 Å². The van der Waals surface area contributed by atoms with Crippen molar-refractivity contribution in [3.63, 3.8) is 0 Å². The molecule has 26 heavy (non-hydrogen) atoms. The van der Waals surface area contributed by atoms with Gasteiger partial charge in [0.25, 0.3) is 5.91 Å². The lowest BCUT2D eigenvalue weighted by atomic mass is 10.1. The number of imide groups is 1. The first kappa shape index (κ1) is 17.5. The van der Waals surface area contributed by atoms with Crippen LogP contribution >= 0.6 is 0 Å². The number of aromatic nitrogens is 2. The number of hydrogen-bond acceptors (Lipinski definition) is 5. The van der Waals surface area contributed by atoms with Gasteiger partial charge in [0.2, 0.25) is 5.91 Å². The van der Waals surface area contributed by atoms with E-state index in [9.17, 15) is 14.4 Å². The molecule has 1 aromatic heterocycles. The maximum Gasteiger partial charge on any atom is 0.325 e. The van der Waals surface area contributed by atoms with E-state index in [0.717, 1.165) is 4.90 Å². The van der Waals surface area contributed by atoms with Gasteiger partial charge in [-0.1, -0.05) is 18.2 Å². The molecule has 2 N–H and O–H groups in total. The normalized spacial score (nSPS) is 16.5. The summed E-state index contributed by atoms with van der Waals surface area (Å²) in [7, 11) is 3.25. The Balaban J connectivity index is 1.64. The Morgan fingerprint density at radius 1 is 1.35 bits per heavy atom. The minimum absolute atomic E-state index is 0.0788. The number of rotatable bonds is 6. The fourth-order valence-electron chi connectivity index (χ4n) is 2.75. The molecule has 1 saturated heterocycles. The first-order valence-corrected chi connectivity index (χ1v) is 8.00. The van der Waals surface area contributed by atoms with Gasteiger partial charge in [-0.3, -0.25) is 19.2 Å². The first-order chi connectivity index (χ1) is 12.5. The van der Waals surface area contributed by atoms with Crippen molar-refractivity contribution in [3.05, 3.63) is 42.2 Å². The van der Waals surface area contributed by atoms with E-state index in [2.05, 4.69) is 15.7 Å². The fraction of sp³-hybridized carbons (Fsp3) is 0.294. The quantitative estimate of drug-likeness (QED) is 0.747. The van der Waals surface area contributed by atoms with Crippen molar-refractivity contribution < 1.29 is 19.1 Å². The van der Waals surface area contributed by atoms with Gasteiger partial charge >= 0.3 is 6.03 Å². The molecule has 0 bridgehead atoms. The lowest BCUT2D eigenvalue weighted by Crippen LogP contribution is -2.34. The smallest absolute Gasteiger partial charge is 0.325 e. The number of hydrogen-bond donors (Lipinski definition) is 2. The third-order valence-corrected chi connectivity index (χ3v) is 4.01. The molecule has 3 rings (SSSR count). The van der Waals surface area contributed by atoms with Crippen LogP contribution in [0.3, 0.4) is 0 Å². The SMILES string of the molecule is COc1ccccc1CN1C(=O)N[C@@H](CC(=O)Nc2cnn(C)c2)C1=O. The second kappa shape index (κ2) is 7.26. The standard InChI is InChI=1S/C17H19N5O4/c1-21-10-12(8-18-21)19-15(23)7-13-16(24)22(17(25)20-13)9-11-5-3-4-6-14(11)26-2/h3-6,8,10,13H,7,9H2,1-2H3,(H,19,23)(H,20,25)/t13-/m0/s1. The van der Waals surface area contributed by atoms with Crippen LogP contribution in [0.15, 0.2) is 36.7 Å². The number of anilines is 1. The van der Waals surface area contributed by atoms with Crippen molar-refractivity contribution in [1.29, 1.82) is 0 Å². The Bertz CT molecular complexity index is 847. The Hall–Kier alpha value is -3.36. The van der Waals surface area contributed by atoms with Crippen LogP contribution in [0.4, 0.5) is 10.5 Å². The minimum Gasteiger partial charge on any atom is -0.496 e. The van der Waals surface area contributed by atoms with Crippen molar-refractivity contribution in [2.75, 3.05) is 12.4 Å². The summed E-state index contributed by atoms with van der Waals surface area (Å²) in [6.45, 7) is 0.0788. The van der Waals surface area contributed by atoms with Crippen LogP contribution < -0.4 is 15.4 Å². The number of carbonyl (C=O) groups excluding carboxylic acids is 3. The maximum atomic E-state index is 12.5. The zero-order valence-corrected chi connectivity index (χ0v) is 14.4. The number of ether oxygens (including phenoxy) is 1. The molecule has 1 aliphatic rings. The molecular weight excluding hydrogens is 338 g/mol. The third kappa shape index (κ3) is 3.66. The number of nitrogens with zero attached hydrogens (tertiary/aromatic N) is 3. The van der Waals surface area contributed by atoms with Crippen LogP contribution in [0.1, 0.15) is 12.0 Å². The van der Waals surface area contributed by atoms with Gasteiger partial charge in [0.1, 0.15) is 11.8 Å². The summed E-state index contributed by atoms with van der Waals surface area (Å²) in [5.41, 5.74) is 1.24. The monoisotopic (exact) mass is 357 g/mol. The van der Waals surface area contributed by atoms with Gasteiger partial charge in [0.05, 0.1) is 32.0 Å². The molecular formula is C17H19N5O4. The number of aryl methyl sites for hydroxylation is 1. The fourth-order valence-corrected chi connectivity index (χ4v) is 2.75. The van der Waals surface area contributed by atoms with Crippen molar-refractivity contribution in [3.8, 4) is 5.75 Å². The summed E-state index contributed by atoms with van der Waals surface area (Å²) < 4.78 is 6.79. The zero-order chi connectivity index (χ0) is 18.7. The van der Waals surface area contributed by atoms with E-state index in [0.29, 0.717) is 17.0 Å². The molecule has 1 aromatic carbocycles. The van der Waals surface area contributed by atoms with Crippen molar-refractivity contribution in [2.24, 2.45) is 7.05 Å². The highest BCUT2D eigenvalue weighted by Crippen LogP contribution is 2.22. The summed E-state index contributed by atoms with van der Waals surface area (Å²) in [6, 6.07) is 5.72. The van der Waals surface area contributed by atoms with Gasteiger partial charge in [-0.15, -0.1) is 0 Å². The lowest BCUT2D eigenvalue weighted by molar-refractivity contribution is -0.130. The molecule has 1 aliphatic heterocycles. The summed E-state index contributed by atoms with van der Waals surface area (Å²) in [6.07, 6.45) is 2.99. The second-order valence-electron chi connectivity index (χ2n) is 5.89. The van der Waals surface area contributed by atoms with Gasteiger partial charge in [0.15, 0.2) is 0 Å². The number of methoxy groups -OCH3 is 1. The molecule has 136 valence electrons. The van der Waals surface area contributed by atoms with Crippen LogP contribution in [-0.2, 0) is 23.2 Å². The van der Waals surface area contributed by atoms with Crippen LogP contribution in [0, 0.1) is 0 Å². The molecule has 9 heteroatoms. The molecule has 0 saturated carbocycles. The molecule has 1 fully saturated rings. The van der Waals surface area contributed by atoms with E-state index >= 15 is 0 Å². The number of para-hydroxylation sites is 1. The predicted molar refractivity (Wildman–Crippen MR) is 92.3 cm³/mol. The summed E-state index contributed by atoms with van der Waals surface area (Å²) in [5, 5.41) is 9.14. The molecule has 0 unspecified atom stereocenters. The largest absolute Gasteiger partial charge is 0.496 e. The van der Waals surface area contributed by atoms with Crippen molar-refractivity contribution in [2.45, 2.75) is 19.0 Å². The average Bonchev–Trinajstić information content (AvgIpc) is 3.13. The van der Waals surface area contributed by atoms with E-state index in [-0.39, 0.29) is 18.9 Å². The van der Waals surface area contributed by atoms with Crippen LogP contribution in [0.5, 0.6) is 5.75 Å². The average molecular weight is 357 g/mol. The second-order valence-corrected chi connectivity index (χ2v) is 5.89. The van der Waals surface area contributed by atoms with E-state index in [1.165, 1.54) is 13.3 Å². The van der Waals surface area contributed by atoms with Crippen LogP contribution in [0.2, 0.25) is 0 Å². The van der Waals surface area contributed by atoms with Crippen molar-refractivity contribution in [1.82, 2.24) is 20.0 Å². The molecule has 4 amide bonds. The molecule has 0 spiro atoms. The molecule has 2 aromatic rings. The Morgan fingerprint density at radius 2 is 2.12 bits per heavy atom. The van der Waals surface area contributed by atoms with Gasteiger partial charge in [-0.25, -0.2) is 4.79 Å². The summed E-state index contributed by atoms with van der Waals surface area (Å²) in [4.78, 5) is 37.9. The highest BCUT2D eigenvalue weighted by Gasteiger charge is 2.39. The molecule has 9 nitrogen and oxygen atoms in total. The highest BCUT2D eigenvalue weighted by molar-refractivity contribution is 6.06. The Kier molecular flexibility index (Phi) is 4.87. The van der Waals surface area contributed by atoms with Gasteiger partial charge in [-0.05, 0) is 6.07 Å². The number of nitrogens with one attached hydrogen (secondary N) is 2. The molecule has 1 atom stereocenters. The maximum absolute atomic E-state index is 12.5. The number of benzene rings is 1. The van der Waals surface area contributed by atoms with Gasteiger partial charge < -0.3 is 15.4 Å². The third-order valence-electron chi connectivity index (χ3n) is 4.01. The van der Waals surface area contributed by atoms with Crippen LogP contribution in [-0.4, -0.2) is 45.7 Å². The Labute approximate surface area is 149 Å². The number of urea groups is 1. The van der Waals surface area contributed by atoms with E-state index in [1.54, 1.807) is 42.2 Å². The number of carbonyl (C=O) groups is 3. The number of amides is 4. The minimum atomic E-state index is -0.895. The zero-order valence-electron chi connectivity index (χ0n) is 14.4. The Morgan fingerprint density at radius 3 is 2.81 bits per heavy atom. The highest BCUT2D eigenvalue weighted by atomic mass is 16.5. The van der Waals surface area contributed by atoms with Gasteiger partial charge in [0, 0.05) is 18.8 Å². The van der Waals surface area contributed by atoms with Gasteiger partial charge in [-0.2, -0.15) is 5.10 Å². The first-order valence-electron chi connectivity index (χ1n) is 8.00. The van der Waals surface area contributed by atoms with Crippen molar-refractivity contribution >= 4 is 23.5 Å². The van der Waals surface area contributed by atoms with E-state index in [4.69, 9.17) is 4.74 Å². The predicted octanol–water partition coefficient (Wildman–Crippen LogP) is 0.878. The summed E-state index contributed by atoms with van der Waals surface area (Å²) >= 11 is 0. The topological polar surface area (TPSA) is 106 Å². The van der Waals surface area contributed by atoms with E-state index < -0.39 is 18.0 Å². The molecule has 2 heterocycles. The summed E-state index contributed by atoms with van der Waals surface area (Å²) in [5.74, 6) is -0.232. The lowest BCUT2D eigenvalue weighted by Gasteiger charge is -2.15. The molecule has 0 aliphatic carbocycles. The van der Waals surface area contributed by atoms with E-state index in [1.807, 2.05) is 0 Å². The molecule has 0 radical (unpaired) electrons.